The van der Waals surface area contributed by atoms with E-state index in [1.165, 1.54) is 11.6 Å². The van der Waals surface area contributed by atoms with E-state index in [9.17, 15) is 4.79 Å². The number of rotatable bonds is 6. The van der Waals surface area contributed by atoms with Crippen molar-refractivity contribution in [1.29, 1.82) is 0 Å². The molecule has 0 saturated heterocycles. The highest BCUT2D eigenvalue weighted by atomic mass is 32.1. The quantitative estimate of drug-likeness (QED) is 0.638. The number of benzene rings is 2. The van der Waals surface area contributed by atoms with Gasteiger partial charge in [0.1, 0.15) is 0 Å². The van der Waals surface area contributed by atoms with E-state index in [2.05, 4.69) is 39.9 Å². The number of aryl methyl sites for hydroxylation is 1. The second kappa shape index (κ2) is 8.27. The van der Waals surface area contributed by atoms with Crippen molar-refractivity contribution in [3.63, 3.8) is 0 Å². The average molecular weight is 392 g/mol. The van der Waals surface area contributed by atoms with Gasteiger partial charge in [-0.25, -0.2) is 4.98 Å². The Morgan fingerprint density at radius 1 is 1.18 bits per heavy atom. The lowest BCUT2D eigenvalue weighted by atomic mass is 10.1. The maximum absolute atomic E-state index is 12.0. The number of nitrogens with one attached hydrogen (secondary N) is 1. The summed E-state index contributed by atoms with van der Waals surface area (Å²) >= 11 is 1.65. The van der Waals surface area contributed by atoms with Gasteiger partial charge in [-0.1, -0.05) is 30.3 Å². The molecule has 1 aliphatic heterocycles. The second-order valence-electron chi connectivity index (χ2n) is 6.44. The van der Waals surface area contributed by atoms with Crippen molar-refractivity contribution < 1.29 is 14.3 Å². The molecule has 6 heteroatoms. The Morgan fingerprint density at radius 2 is 2.00 bits per heavy atom. The van der Waals surface area contributed by atoms with Crippen LogP contribution < -0.4 is 14.8 Å². The van der Waals surface area contributed by atoms with E-state index >= 15 is 0 Å². The minimum absolute atomic E-state index is 0.118. The minimum Gasteiger partial charge on any atom is -0.454 e. The highest BCUT2D eigenvalue weighted by molar-refractivity contribution is 7.09. The number of nitrogens with zero attached hydrogens (tertiary/aromatic N) is 1. The molecular formula is C22H20N2O3S. The first kappa shape index (κ1) is 18.3. The van der Waals surface area contributed by atoms with E-state index in [1.807, 2.05) is 25.1 Å². The molecule has 0 radical (unpaired) electrons. The third-order valence-electron chi connectivity index (χ3n) is 4.41. The molecule has 0 atom stereocenters. The van der Waals surface area contributed by atoms with Crippen LogP contribution in [0.1, 0.15) is 16.1 Å². The molecule has 142 valence electrons. The lowest BCUT2D eigenvalue weighted by Gasteiger charge is -2.04. The maximum atomic E-state index is 12.0. The number of amides is 1. The molecule has 1 aliphatic rings. The van der Waals surface area contributed by atoms with E-state index < -0.39 is 0 Å². The molecule has 0 bridgehead atoms. The van der Waals surface area contributed by atoms with E-state index in [0.29, 0.717) is 12.3 Å². The smallest absolute Gasteiger partial charge is 0.244 e. The summed E-state index contributed by atoms with van der Waals surface area (Å²) in [5.74, 6) is 1.32. The molecule has 1 amide bonds. The highest BCUT2D eigenvalue weighted by Gasteiger charge is 2.12. The van der Waals surface area contributed by atoms with E-state index in [0.717, 1.165) is 34.0 Å². The first-order valence-electron chi connectivity index (χ1n) is 9.04. The van der Waals surface area contributed by atoms with Crippen LogP contribution in [0.5, 0.6) is 11.5 Å². The van der Waals surface area contributed by atoms with Crippen LogP contribution in [0.4, 0.5) is 0 Å². The molecule has 0 spiro atoms. The topological polar surface area (TPSA) is 60.5 Å². The van der Waals surface area contributed by atoms with Crippen LogP contribution in [-0.2, 0) is 11.2 Å². The first-order valence-corrected chi connectivity index (χ1v) is 9.92. The molecule has 0 unspecified atom stereocenters. The zero-order chi connectivity index (χ0) is 19.3. The van der Waals surface area contributed by atoms with Crippen molar-refractivity contribution in [3.8, 4) is 22.8 Å². The van der Waals surface area contributed by atoms with Gasteiger partial charge in [-0.05, 0) is 42.7 Å². The largest absolute Gasteiger partial charge is 0.454 e. The molecule has 0 saturated carbocycles. The summed E-state index contributed by atoms with van der Waals surface area (Å²) in [6, 6.07) is 13.9. The van der Waals surface area contributed by atoms with Crippen LogP contribution >= 0.6 is 11.3 Å². The van der Waals surface area contributed by atoms with Gasteiger partial charge in [0.25, 0.3) is 0 Å². The average Bonchev–Trinajstić information content (AvgIpc) is 3.35. The molecule has 0 fully saturated rings. The Morgan fingerprint density at radius 3 is 2.79 bits per heavy atom. The van der Waals surface area contributed by atoms with Crippen LogP contribution in [0.25, 0.3) is 17.3 Å². The van der Waals surface area contributed by atoms with Crippen molar-refractivity contribution in [2.45, 2.75) is 13.3 Å². The van der Waals surface area contributed by atoms with Gasteiger partial charge < -0.3 is 14.8 Å². The van der Waals surface area contributed by atoms with Gasteiger partial charge in [-0.2, -0.15) is 0 Å². The van der Waals surface area contributed by atoms with E-state index in [-0.39, 0.29) is 12.7 Å². The Balaban J connectivity index is 1.26. The van der Waals surface area contributed by atoms with Gasteiger partial charge in [0.05, 0.1) is 10.7 Å². The SMILES string of the molecule is Cc1nc(-c2ccc(CCNC(=O)/C=C/c3ccc4c(c3)OCO4)cc2)cs1. The third-order valence-corrected chi connectivity index (χ3v) is 5.18. The fourth-order valence-corrected chi connectivity index (χ4v) is 3.54. The van der Waals surface area contributed by atoms with E-state index in [1.54, 1.807) is 17.4 Å². The first-order chi connectivity index (χ1) is 13.7. The number of fused-ring (bicyclic) bond motifs is 1. The molecule has 0 aliphatic carbocycles. The number of ether oxygens (including phenoxy) is 2. The van der Waals surface area contributed by atoms with Crippen LogP contribution in [0.15, 0.2) is 53.9 Å². The lowest BCUT2D eigenvalue weighted by Crippen LogP contribution is -2.23. The number of carbonyl (C=O) groups is 1. The van der Waals surface area contributed by atoms with Crippen LogP contribution in [0, 0.1) is 6.92 Å². The van der Waals surface area contributed by atoms with Gasteiger partial charge in [0, 0.05) is 23.6 Å². The number of aromatic nitrogens is 1. The van der Waals surface area contributed by atoms with Crippen LogP contribution in [0.3, 0.4) is 0 Å². The molecule has 1 N–H and O–H groups in total. The Labute approximate surface area is 167 Å². The molecule has 4 rings (SSSR count). The minimum atomic E-state index is -0.118. The molecule has 3 aromatic rings. The fraction of sp³-hybridized carbons (Fsp3) is 0.182. The molecule has 5 nitrogen and oxygen atoms in total. The molecule has 2 aromatic carbocycles. The molecule has 2 heterocycles. The fourth-order valence-electron chi connectivity index (χ4n) is 2.92. The number of hydrogen-bond donors (Lipinski definition) is 1. The summed E-state index contributed by atoms with van der Waals surface area (Å²) in [6.45, 7) is 2.83. The third kappa shape index (κ3) is 4.40. The number of thiazole rings is 1. The summed E-state index contributed by atoms with van der Waals surface area (Å²) in [6.07, 6.45) is 4.08. The lowest BCUT2D eigenvalue weighted by molar-refractivity contribution is -0.116. The summed E-state index contributed by atoms with van der Waals surface area (Å²) in [7, 11) is 0. The summed E-state index contributed by atoms with van der Waals surface area (Å²) in [5.41, 5.74) is 4.20. The second-order valence-corrected chi connectivity index (χ2v) is 7.50. The van der Waals surface area contributed by atoms with Crippen molar-refractivity contribution in [1.82, 2.24) is 10.3 Å². The van der Waals surface area contributed by atoms with E-state index in [4.69, 9.17) is 9.47 Å². The maximum Gasteiger partial charge on any atom is 0.244 e. The summed E-state index contributed by atoms with van der Waals surface area (Å²) < 4.78 is 10.6. The number of carbonyl (C=O) groups excluding carboxylic acids is 1. The number of hydrogen-bond acceptors (Lipinski definition) is 5. The summed E-state index contributed by atoms with van der Waals surface area (Å²) in [4.78, 5) is 16.5. The van der Waals surface area contributed by atoms with Crippen LogP contribution in [0.2, 0.25) is 0 Å². The van der Waals surface area contributed by atoms with Gasteiger partial charge in [-0.15, -0.1) is 11.3 Å². The van der Waals surface area contributed by atoms with Gasteiger partial charge >= 0.3 is 0 Å². The Bertz CT molecular complexity index is 1010. The normalized spacial score (nSPS) is 12.5. The molecule has 28 heavy (non-hydrogen) atoms. The van der Waals surface area contributed by atoms with Gasteiger partial charge in [0.15, 0.2) is 11.5 Å². The Hall–Kier alpha value is -3.12. The molecular weight excluding hydrogens is 372 g/mol. The zero-order valence-electron chi connectivity index (χ0n) is 15.5. The van der Waals surface area contributed by atoms with Crippen LogP contribution in [-0.4, -0.2) is 24.2 Å². The predicted molar refractivity (Wildman–Crippen MR) is 111 cm³/mol. The van der Waals surface area contributed by atoms with Crippen molar-refractivity contribution >= 4 is 23.3 Å². The van der Waals surface area contributed by atoms with Gasteiger partial charge in [-0.3, -0.25) is 4.79 Å². The molecule has 1 aromatic heterocycles. The standard InChI is InChI=1S/C22H20N2O3S/c1-15-24-19(13-28-15)18-6-2-16(3-7-18)10-11-23-22(25)9-5-17-4-8-20-21(12-17)27-14-26-20/h2-9,12-13H,10-11,14H2,1H3,(H,23,25)/b9-5+. The predicted octanol–water partition coefficient (Wildman–Crippen LogP) is 4.22. The zero-order valence-corrected chi connectivity index (χ0v) is 16.3. The monoisotopic (exact) mass is 392 g/mol. The van der Waals surface area contributed by atoms with Gasteiger partial charge in [0.2, 0.25) is 12.7 Å². The van der Waals surface area contributed by atoms with Crippen molar-refractivity contribution in [2.75, 3.05) is 13.3 Å². The van der Waals surface area contributed by atoms with Crippen molar-refractivity contribution in [2.24, 2.45) is 0 Å². The Kier molecular flexibility index (Phi) is 5.39. The summed E-state index contributed by atoms with van der Waals surface area (Å²) in [5, 5.41) is 6.04. The van der Waals surface area contributed by atoms with Crippen molar-refractivity contribution in [3.05, 3.63) is 70.1 Å². The highest BCUT2D eigenvalue weighted by Crippen LogP contribution is 2.32.